The highest BCUT2D eigenvalue weighted by molar-refractivity contribution is 5.93. The fraction of sp³-hybridized carbons (Fsp3) is 0.600. The lowest BCUT2D eigenvalue weighted by atomic mass is 9.98. The maximum atomic E-state index is 11.7. The van der Waals surface area contributed by atoms with E-state index in [2.05, 4.69) is 22.5 Å². The number of anilines is 1. The van der Waals surface area contributed by atoms with Crippen LogP contribution >= 0.6 is 0 Å². The Bertz CT molecular complexity index is 433. The van der Waals surface area contributed by atoms with Crippen LogP contribution in [-0.4, -0.2) is 24.0 Å². The van der Waals surface area contributed by atoms with E-state index in [1.165, 1.54) is 19.3 Å². The Morgan fingerprint density at radius 2 is 2.32 bits per heavy atom. The predicted molar refractivity (Wildman–Crippen MR) is 77.2 cm³/mol. The molecule has 4 nitrogen and oxygen atoms in total. The number of hydrogen-bond acceptors (Lipinski definition) is 3. The standard InChI is InChI=1S/C15H23N3O/c1-3-16-15(19)14-9-13(7-8-17-14)18-10-12-6-4-5-11(12)2/h7-9,11-12H,3-6,10H2,1-2H3,(H,16,19)(H,17,18). The summed E-state index contributed by atoms with van der Waals surface area (Å²) >= 11 is 0. The Labute approximate surface area is 115 Å². The van der Waals surface area contributed by atoms with Gasteiger partial charge in [0.05, 0.1) is 0 Å². The van der Waals surface area contributed by atoms with Crippen molar-refractivity contribution in [1.82, 2.24) is 10.3 Å². The van der Waals surface area contributed by atoms with E-state index in [1.54, 1.807) is 6.20 Å². The Morgan fingerprint density at radius 1 is 1.47 bits per heavy atom. The first-order chi connectivity index (χ1) is 9.20. The van der Waals surface area contributed by atoms with Gasteiger partial charge in [-0.15, -0.1) is 0 Å². The molecule has 0 saturated heterocycles. The molecule has 104 valence electrons. The highest BCUT2D eigenvalue weighted by Gasteiger charge is 2.22. The fourth-order valence-corrected chi connectivity index (χ4v) is 2.69. The molecule has 1 aromatic heterocycles. The van der Waals surface area contributed by atoms with Crippen LogP contribution in [0.5, 0.6) is 0 Å². The van der Waals surface area contributed by atoms with Gasteiger partial charge in [-0.3, -0.25) is 9.78 Å². The second-order valence-corrected chi connectivity index (χ2v) is 5.34. The number of amides is 1. The molecule has 4 heteroatoms. The predicted octanol–water partition coefficient (Wildman–Crippen LogP) is 2.68. The SMILES string of the molecule is CCNC(=O)c1cc(NCC2CCCC2C)ccn1. The average molecular weight is 261 g/mol. The first-order valence-electron chi connectivity index (χ1n) is 7.18. The maximum absolute atomic E-state index is 11.7. The Kier molecular flexibility index (Phi) is 4.77. The monoisotopic (exact) mass is 261 g/mol. The van der Waals surface area contributed by atoms with Gasteiger partial charge in [-0.2, -0.15) is 0 Å². The average Bonchev–Trinajstić information content (AvgIpc) is 2.82. The molecule has 1 aliphatic rings. The summed E-state index contributed by atoms with van der Waals surface area (Å²) in [5, 5.41) is 6.20. The van der Waals surface area contributed by atoms with E-state index in [1.807, 2.05) is 19.1 Å². The zero-order valence-corrected chi connectivity index (χ0v) is 11.8. The minimum Gasteiger partial charge on any atom is -0.385 e. The van der Waals surface area contributed by atoms with Gasteiger partial charge >= 0.3 is 0 Å². The van der Waals surface area contributed by atoms with Crippen molar-refractivity contribution >= 4 is 11.6 Å². The molecule has 0 radical (unpaired) electrons. The summed E-state index contributed by atoms with van der Waals surface area (Å²) in [6.07, 6.45) is 5.67. The van der Waals surface area contributed by atoms with Crippen molar-refractivity contribution in [1.29, 1.82) is 0 Å². The van der Waals surface area contributed by atoms with Gasteiger partial charge in [-0.25, -0.2) is 0 Å². The molecular formula is C15H23N3O. The van der Waals surface area contributed by atoms with Gasteiger partial charge in [0.1, 0.15) is 5.69 Å². The van der Waals surface area contributed by atoms with Crippen LogP contribution in [0.25, 0.3) is 0 Å². The summed E-state index contributed by atoms with van der Waals surface area (Å²) in [4.78, 5) is 15.8. The molecule has 2 rings (SSSR count). The number of rotatable bonds is 5. The summed E-state index contributed by atoms with van der Waals surface area (Å²) in [5.74, 6) is 1.44. The van der Waals surface area contributed by atoms with Crippen molar-refractivity contribution in [2.24, 2.45) is 11.8 Å². The van der Waals surface area contributed by atoms with Gasteiger partial charge in [0, 0.05) is 25.0 Å². The highest BCUT2D eigenvalue weighted by atomic mass is 16.1. The van der Waals surface area contributed by atoms with Crippen molar-refractivity contribution in [2.75, 3.05) is 18.4 Å². The number of aromatic nitrogens is 1. The molecule has 2 N–H and O–H groups in total. The molecule has 1 heterocycles. The molecule has 19 heavy (non-hydrogen) atoms. The molecule has 1 fully saturated rings. The molecule has 0 spiro atoms. The highest BCUT2D eigenvalue weighted by Crippen LogP contribution is 2.31. The van der Waals surface area contributed by atoms with Gasteiger partial charge < -0.3 is 10.6 Å². The van der Waals surface area contributed by atoms with E-state index in [0.29, 0.717) is 12.2 Å². The molecule has 1 aliphatic carbocycles. The smallest absolute Gasteiger partial charge is 0.269 e. The third kappa shape index (κ3) is 3.69. The summed E-state index contributed by atoms with van der Waals surface area (Å²) in [6.45, 7) is 5.84. The molecule has 1 amide bonds. The summed E-state index contributed by atoms with van der Waals surface area (Å²) in [5.41, 5.74) is 1.46. The van der Waals surface area contributed by atoms with E-state index >= 15 is 0 Å². The van der Waals surface area contributed by atoms with Gasteiger partial charge in [0.25, 0.3) is 5.91 Å². The zero-order chi connectivity index (χ0) is 13.7. The summed E-state index contributed by atoms with van der Waals surface area (Å²) in [6, 6.07) is 3.74. The van der Waals surface area contributed by atoms with E-state index in [4.69, 9.17) is 0 Å². The molecule has 1 saturated carbocycles. The number of hydrogen-bond donors (Lipinski definition) is 2. The second-order valence-electron chi connectivity index (χ2n) is 5.34. The van der Waals surface area contributed by atoms with Gasteiger partial charge in [-0.1, -0.05) is 19.8 Å². The third-order valence-corrected chi connectivity index (χ3v) is 3.94. The third-order valence-electron chi connectivity index (χ3n) is 3.94. The summed E-state index contributed by atoms with van der Waals surface area (Å²) in [7, 11) is 0. The summed E-state index contributed by atoms with van der Waals surface area (Å²) < 4.78 is 0. The van der Waals surface area contributed by atoms with Crippen molar-refractivity contribution < 1.29 is 4.79 Å². The molecule has 2 unspecified atom stereocenters. The van der Waals surface area contributed by atoms with Crippen molar-refractivity contribution in [3.8, 4) is 0 Å². The number of nitrogens with one attached hydrogen (secondary N) is 2. The zero-order valence-electron chi connectivity index (χ0n) is 11.8. The van der Waals surface area contributed by atoms with Crippen LogP contribution in [0.4, 0.5) is 5.69 Å². The Balaban J connectivity index is 1.93. The van der Waals surface area contributed by atoms with Crippen LogP contribution in [0.3, 0.4) is 0 Å². The molecule has 0 aromatic carbocycles. The molecule has 2 atom stereocenters. The van der Waals surface area contributed by atoms with Crippen molar-refractivity contribution in [3.05, 3.63) is 24.0 Å². The Morgan fingerprint density at radius 3 is 3.00 bits per heavy atom. The number of pyridine rings is 1. The number of carbonyl (C=O) groups excluding carboxylic acids is 1. The lowest BCUT2D eigenvalue weighted by Crippen LogP contribution is -2.24. The largest absolute Gasteiger partial charge is 0.385 e. The minimum atomic E-state index is -0.111. The number of carbonyl (C=O) groups is 1. The van der Waals surface area contributed by atoms with Crippen molar-refractivity contribution in [2.45, 2.75) is 33.1 Å². The van der Waals surface area contributed by atoms with Crippen molar-refractivity contribution in [3.63, 3.8) is 0 Å². The van der Waals surface area contributed by atoms with Crippen LogP contribution in [0.2, 0.25) is 0 Å². The van der Waals surface area contributed by atoms with E-state index < -0.39 is 0 Å². The van der Waals surface area contributed by atoms with Crippen LogP contribution in [0.1, 0.15) is 43.6 Å². The van der Waals surface area contributed by atoms with Gasteiger partial charge in [-0.05, 0) is 37.3 Å². The molecule has 0 bridgehead atoms. The topological polar surface area (TPSA) is 54.0 Å². The van der Waals surface area contributed by atoms with E-state index in [9.17, 15) is 4.79 Å². The lowest BCUT2D eigenvalue weighted by molar-refractivity contribution is 0.0951. The normalized spacial score (nSPS) is 22.2. The fourth-order valence-electron chi connectivity index (χ4n) is 2.69. The quantitative estimate of drug-likeness (QED) is 0.857. The van der Waals surface area contributed by atoms with Crippen LogP contribution < -0.4 is 10.6 Å². The maximum Gasteiger partial charge on any atom is 0.269 e. The Hall–Kier alpha value is -1.58. The molecule has 0 aliphatic heterocycles. The van der Waals surface area contributed by atoms with Gasteiger partial charge in [0.2, 0.25) is 0 Å². The van der Waals surface area contributed by atoms with Crippen LogP contribution in [-0.2, 0) is 0 Å². The minimum absolute atomic E-state index is 0.111. The second kappa shape index (κ2) is 6.55. The number of nitrogens with zero attached hydrogens (tertiary/aromatic N) is 1. The first kappa shape index (κ1) is 13.8. The van der Waals surface area contributed by atoms with E-state index in [0.717, 1.165) is 24.1 Å². The molecular weight excluding hydrogens is 238 g/mol. The van der Waals surface area contributed by atoms with Gasteiger partial charge in [0.15, 0.2) is 0 Å². The lowest BCUT2D eigenvalue weighted by Gasteiger charge is -2.16. The van der Waals surface area contributed by atoms with Crippen LogP contribution in [0.15, 0.2) is 18.3 Å². The van der Waals surface area contributed by atoms with Crippen LogP contribution in [0, 0.1) is 11.8 Å². The molecule has 1 aromatic rings. The first-order valence-corrected chi connectivity index (χ1v) is 7.18. The van der Waals surface area contributed by atoms with E-state index in [-0.39, 0.29) is 5.91 Å².